The molecule has 3 heteroatoms. The van der Waals surface area contributed by atoms with Crippen LogP contribution in [0.1, 0.15) is 19.8 Å². The van der Waals surface area contributed by atoms with Crippen molar-refractivity contribution in [3.8, 4) is 0 Å². The zero-order chi connectivity index (χ0) is 11.6. The summed E-state index contributed by atoms with van der Waals surface area (Å²) in [6, 6.07) is 0. The second-order valence-electron chi connectivity index (χ2n) is 3.65. The normalized spacial score (nSPS) is 24.0. The number of rotatable bonds is 6. The van der Waals surface area contributed by atoms with E-state index in [-0.39, 0.29) is 6.10 Å². The predicted octanol–water partition coefficient (Wildman–Crippen LogP) is 2.19. The zero-order valence-corrected chi connectivity index (χ0v) is 9.71. The van der Waals surface area contributed by atoms with Gasteiger partial charge in [0.15, 0.2) is 6.29 Å². The maximum absolute atomic E-state index is 9.45. The topological polar surface area (TPSA) is 38.7 Å². The number of aliphatic hydroxyl groups is 1. The number of allylic oxidation sites excluding steroid dienone is 5. The Morgan fingerprint density at radius 3 is 2.88 bits per heavy atom. The highest BCUT2D eigenvalue weighted by Crippen LogP contribution is 2.12. The highest BCUT2D eigenvalue weighted by Gasteiger charge is 2.16. The van der Waals surface area contributed by atoms with E-state index in [0.29, 0.717) is 6.61 Å². The van der Waals surface area contributed by atoms with E-state index < -0.39 is 6.29 Å². The first kappa shape index (κ1) is 13.2. The fourth-order valence-electron chi connectivity index (χ4n) is 1.44. The van der Waals surface area contributed by atoms with Crippen LogP contribution in [0.5, 0.6) is 0 Å². The summed E-state index contributed by atoms with van der Waals surface area (Å²) < 4.78 is 10.6. The summed E-state index contributed by atoms with van der Waals surface area (Å²) in [7, 11) is 0. The molecule has 0 spiro atoms. The molecule has 0 aromatic rings. The van der Waals surface area contributed by atoms with Crippen molar-refractivity contribution in [3.63, 3.8) is 0 Å². The maximum Gasteiger partial charge on any atom is 0.174 e. The van der Waals surface area contributed by atoms with E-state index in [9.17, 15) is 5.11 Å². The second kappa shape index (κ2) is 8.28. The molecule has 2 unspecified atom stereocenters. The van der Waals surface area contributed by atoms with Crippen LogP contribution >= 0.6 is 0 Å². The lowest BCUT2D eigenvalue weighted by Crippen LogP contribution is -2.19. The smallest absolute Gasteiger partial charge is 0.174 e. The van der Waals surface area contributed by atoms with Crippen LogP contribution in [-0.4, -0.2) is 30.7 Å². The van der Waals surface area contributed by atoms with Gasteiger partial charge in [0.05, 0.1) is 12.7 Å². The number of aliphatic hydroxyl groups excluding tert-OH is 1. The van der Waals surface area contributed by atoms with Gasteiger partial charge in [0.2, 0.25) is 0 Å². The first-order valence-electron chi connectivity index (χ1n) is 5.70. The van der Waals surface area contributed by atoms with Crippen LogP contribution in [0.4, 0.5) is 0 Å². The van der Waals surface area contributed by atoms with Gasteiger partial charge in [-0.1, -0.05) is 30.4 Å². The highest BCUT2D eigenvalue weighted by molar-refractivity contribution is 5.10. The van der Waals surface area contributed by atoms with Gasteiger partial charge < -0.3 is 14.6 Å². The first-order chi connectivity index (χ1) is 7.83. The van der Waals surface area contributed by atoms with Gasteiger partial charge in [-0.05, 0) is 25.8 Å². The van der Waals surface area contributed by atoms with Gasteiger partial charge in [-0.2, -0.15) is 0 Å². The third kappa shape index (κ3) is 5.85. The molecule has 0 saturated carbocycles. The molecule has 1 rings (SSSR count). The standard InChI is InChI=1S/C13H20O3/c1-2-3-4-5-6-9-13(14)16-11-12-8-7-10-15-12/h2-6,9,12-14H,7-8,10-11H2,1H3/b3-2?,5-4-,9-6+. The summed E-state index contributed by atoms with van der Waals surface area (Å²) in [5, 5.41) is 9.45. The van der Waals surface area contributed by atoms with E-state index in [1.54, 1.807) is 12.2 Å². The lowest BCUT2D eigenvalue weighted by molar-refractivity contribution is -0.0946. The average molecular weight is 224 g/mol. The molecule has 0 aliphatic carbocycles. The lowest BCUT2D eigenvalue weighted by atomic mass is 10.2. The molecule has 1 aliphatic rings. The summed E-state index contributed by atoms with van der Waals surface area (Å²) in [5.74, 6) is 0. The van der Waals surface area contributed by atoms with Crippen molar-refractivity contribution in [2.45, 2.75) is 32.2 Å². The first-order valence-corrected chi connectivity index (χ1v) is 5.70. The monoisotopic (exact) mass is 224 g/mol. The van der Waals surface area contributed by atoms with Gasteiger partial charge >= 0.3 is 0 Å². The minimum absolute atomic E-state index is 0.154. The molecule has 1 aliphatic heterocycles. The van der Waals surface area contributed by atoms with Crippen LogP contribution in [0.15, 0.2) is 36.5 Å². The van der Waals surface area contributed by atoms with Crippen LogP contribution in [-0.2, 0) is 9.47 Å². The van der Waals surface area contributed by atoms with Gasteiger partial charge in [-0.3, -0.25) is 0 Å². The molecule has 2 atom stereocenters. The van der Waals surface area contributed by atoms with E-state index in [0.717, 1.165) is 19.4 Å². The van der Waals surface area contributed by atoms with Crippen LogP contribution in [0.3, 0.4) is 0 Å². The molecule has 1 saturated heterocycles. The Kier molecular flexibility index (Phi) is 6.81. The minimum Gasteiger partial charge on any atom is -0.376 e. The third-order valence-electron chi connectivity index (χ3n) is 2.28. The fraction of sp³-hybridized carbons (Fsp3) is 0.538. The molecular formula is C13H20O3. The Balaban J connectivity index is 2.11. The second-order valence-corrected chi connectivity index (χ2v) is 3.65. The molecule has 0 bridgehead atoms. The van der Waals surface area contributed by atoms with Gasteiger partial charge in [-0.15, -0.1) is 0 Å². The van der Waals surface area contributed by atoms with Crippen molar-refractivity contribution in [3.05, 3.63) is 36.5 Å². The summed E-state index contributed by atoms with van der Waals surface area (Å²) in [6.45, 7) is 3.23. The Morgan fingerprint density at radius 2 is 2.19 bits per heavy atom. The number of ether oxygens (including phenoxy) is 2. The van der Waals surface area contributed by atoms with Crippen molar-refractivity contribution in [1.29, 1.82) is 0 Å². The van der Waals surface area contributed by atoms with E-state index in [1.807, 2.05) is 31.2 Å². The van der Waals surface area contributed by atoms with Crippen LogP contribution in [0.2, 0.25) is 0 Å². The van der Waals surface area contributed by atoms with Crippen molar-refractivity contribution in [2.24, 2.45) is 0 Å². The molecule has 0 aromatic carbocycles. The lowest BCUT2D eigenvalue weighted by Gasteiger charge is -2.12. The quantitative estimate of drug-likeness (QED) is 0.555. The van der Waals surface area contributed by atoms with Crippen LogP contribution in [0.25, 0.3) is 0 Å². The molecule has 90 valence electrons. The number of hydrogen-bond acceptors (Lipinski definition) is 3. The molecule has 0 aromatic heterocycles. The van der Waals surface area contributed by atoms with Crippen LogP contribution in [0, 0.1) is 0 Å². The molecule has 0 amide bonds. The molecule has 1 fully saturated rings. The molecule has 1 N–H and O–H groups in total. The minimum atomic E-state index is -0.848. The highest BCUT2D eigenvalue weighted by atomic mass is 16.6. The van der Waals surface area contributed by atoms with Gasteiger partial charge in [0.1, 0.15) is 0 Å². The van der Waals surface area contributed by atoms with Crippen LogP contribution < -0.4 is 0 Å². The van der Waals surface area contributed by atoms with E-state index >= 15 is 0 Å². The Hall–Kier alpha value is -0.900. The third-order valence-corrected chi connectivity index (χ3v) is 2.28. The largest absolute Gasteiger partial charge is 0.376 e. The Morgan fingerprint density at radius 1 is 1.38 bits per heavy atom. The SMILES string of the molecule is CC=C/C=C\C=C\C(O)OCC1CCCO1. The summed E-state index contributed by atoms with van der Waals surface area (Å²) in [5.41, 5.74) is 0. The summed E-state index contributed by atoms with van der Waals surface area (Å²) >= 11 is 0. The van der Waals surface area contributed by atoms with Gasteiger partial charge in [-0.25, -0.2) is 0 Å². The van der Waals surface area contributed by atoms with E-state index in [2.05, 4.69) is 0 Å². The predicted molar refractivity (Wildman–Crippen MR) is 64.0 cm³/mol. The maximum atomic E-state index is 9.45. The molecule has 1 heterocycles. The fourth-order valence-corrected chi connectivity index (χ4v) is 1.44. The zero-order valence-electron chi connectivity index (χ0n) is 9.71. The summed E-state index contributed by atoms with van der Waals surface area (Å²) in [4.78, 5) is 0. The Bertz CT molecular complexity index is 250. The van der Waals surface area contributed by atoms with Gasteiger partial charge in [0.25, 0.3) is 0 Å². The van der Waals surface area contributed by atoms with Gasteiger partial charge in [0, 0.05) is 6.61 Å². The number of hydrogen-bond donors (Lipinski definition) is 1. The van der Waals surface area contributed by atoms with Crippen molar-refractivity contribution in [2.75, 3.05) is 13.2 Å². The molecule has 3 nitrogen and oxygen atoms in total. The van der Waals surface area contributed by atoms with E-state index in [1.165, 1.54) is 0 Å². The molecule has 0 radical (unpaired) electrons. The van der Waals surface area contributed by atoms with Crippen molar-refractivity contribution in [1.82, 2.24) is 0 Å². The van der Waals surface area contributed by atoms with Crippen molar-refractivity contribution >= 4 is 0 Å². The molecular weight excluding hydrogens is 204 g/mol. The van der Waals surface area contributed by atoms with Crippen molar-refractivity contribution < 1.29 is 14.6 Å². The summed E-state index contributed by atoms with van der Waals surface area (Å²) in [6.07, 6.45) is 12.4. The van der Waals surface area contributed by atoms with E-state index in [4.69, 9.17) is 9.47 Å². The average Bonchev–Trinajstić information content (AvgIpc) is 2.79. The molecule has 16 heavy (non-hydrogen) atoms. The Labute approximate surface area is 97.1 Å².